The minimum atomic E-state index is -0.411. The monoisotopic (exact) mass is 472 g/mol. The van der Waals surface area contributed by atoms with Gasteiger partial charge in [-0.05, 0) is 49.2 Å². The number of nitrogens with zero attached hydrogens (tertiary/aromatic N) is 4. The Hall–Kier alpha value is -3.23. The Kier molecular flexibility index (Phi) is 7.97. The first kappa shape index (κ1) is 23.4. The molecule has 0 bridgehead atoms. The molecule has 10 heteroatoms. The molecule has 1 saturated heterocycles. The van der Waals surface area contributed by atoms with Crippen molar-refractivity contribution in [3.8, 4) is 0 Å². The molecule has 0 aromatic carbocycles. The molecule has 1 aliphatic heterocycles. The molecule has 1 aliphatic rings. The number of pyridine rings is 3. The summed E-state index contributed by atoms with van der Waals surface area (Å²) in [6.45, 7) is 1.56. The first-order chi connectivity index (χ1) is 15.1. The van der Waals surface area contributed by atoms with Crippen molar-refractivity contribution in [2.24, 2.45) is 5.92 Å². The highest BCUT2D eigenvalue weighted by atomic mass is 35.5. The van der Waals surface area contributed by atoms with Crippen LogP contribution in [-0.4, -0.2) is 39.9 Å². The lowest BCUT2D eigenvalue weighted by molar-refractivity contribution is -0.120. The van der Waals surface area contributed by atoms with E-state index < -0.39 is 5.91 Å². The van der Waals surface area contributed by atoms with Gasteiger partial charge in [0.25, 0.3) is 5.91 Å². The van der Waals surface area contributed by atoms with Crippen molar-refractivity contribution in [1.82, 2.24) is 15.0 Å². The number of amides is 2. The minimum Gasteiger partial charge on any atom is -0.371 e. The van der Waals surface area contributed by atoms with Crippen LogP contribution in [0.3, 0.4) is 0 Å². The maximum atomic E-state index is 12.8. The quantitative estimate of drug-likeness (QED) is 0.580. The molecular formula is C22H22Cl2N6O2. The Labute approximate surface area is 196 Å². The number of carbonyl (C=O) groups excluding carboxylic acids is 2. The highest BCUT2D eigenvalue weighted by Crippen LogP contribution is 2.24. The van der Waals surface area contributed by atoms with Crippen molar-refractivity contribution in [2.75, 3.05) is 28.6 Å². The van der Waals surface area contributed by atoms with E-state index in [0.29, 0.717) is 10.8 Å². The zero-order chi connectivity index (χ0) is 21.6. The molecule has 4 rings (SSSR count). The molecule has 3 aromatic heterocycles. The van der Waals surface area contributed by atoms with Crippen LogP contribution in [0.1, 0.15) is 23.2 Å². The smallest absolute Gasteiger partial charge is 0.260 e. The summed E-state index contributed by atoms with van der Waals surface area (Å²) in [6.07, 6.45) is 7.96. The fraction of sp³-hybridized carbons (Fsp3) is 0.227. The third kappa shape index (κ3) is 5.72. The SMILES string of the molecule is Cl.O=C(Nc1ccc(Cl)cn1)c1cccnc1NC(=O)C1CCN(c2ccncc2)CC1. The second-order valence-corrected chi connectivity index (χ2v) is 7.61. The molecule has 0 unspecified atom stereocenters. The normalized spacial score (nSPS) is 13.7. The van der Waals surface area contributed by atoms with Crippen molar-refractivity contribution in [3.05, 3.63) is 71.8 Å². The predicted molar refractivity (Wildman–Crippen MR) is 126 cm³/mol. The van der Waals surface area contributed by atoms with Crippen LogP contribution in [0.2, 0.25) is 5.02 Å². The summed E-state index contributed by atoms with van der Waals surface area (Å²) in [4.78, 5) is 40.1. The van der Waals surface area contributed by atoms with E-state index in [0.717, 1.165) is 31.6 Å². The molecule has 0 aliphatic carbocycles. The molecule has 0 radical (unpaired) electrons. The van der Waals surface area contributed by atoms with Crippen LogP contribution < -0.4 is 15.5 Å². The van der Waals surface area contributed by atoms with Gasteiger partial charge in [-0.3, -0.25) is 14.6 Å². The molecule has 32 heavy (non-hydrogen) atoms. The number of aromatic nitrogens is 3. The van der Waals surface area contributed by atoms with Gasteiger partial charge in [0, 0.05) is 49.5 Å². The fourth-order valence-electron chi connectivity index (χ4n) is 3.50. The number of nitrogens with one attached hydrogen (secondary N) is 2. The first-order valence-electron chi connectivity index (χ1n) is 9.94. The highest BCUT2D eigenvalue weighted by Gasteiger charge is 2.26. The van der Waals surface area contributed by atoms with Gasteiger partial charge in [-0.25, -0.2) is 9.97 Å². The Morgan fingerprint density at radius 2 is 1.72 bits per heavy atom. The average molecular weight is 473 g/mol. The van der Waals surface area contributed by atoms with E-state index in [1.165, 1.54) is 6.20 Å². The predicted octanol–water partition coefficient (Wildman–Crippen LogP) is 4.05. The van der Waals surface area contributed by atoms with Crippen LogP contribution >= 0.6 is 24.0 Å². The Morgan fingerprint density at radius 3 is 2.41 bits per heavy atom. The van der Waals surface area contributed by atoms with Crippen LogP contribution in [0.4, 0.5) is 17.3 Å². The number of carbonyl (C=O) groups is 2. The summed E-state index contributed by atoms with van der Waals surface area (Å²) in [5, 5.41) is 5.99. The fourth-order valence-corrected chi connectivity index (χ4v) is 3.61. The molecule has 3 aromatic rings. The molecule has 4 heterocycles. The molecule has 0 atom stereocenters. The molecule has 2 N–H and O–H groups in total. The topological polar surface area (TPSA) is 100 Å². The van der Waals surface area contributed by atoms with Crippen molar-refractivity contribution in [3.63, 3.8) is 0 Å². The lowest BCUT2D eigenvalue weighted by atomic mass is 9.95. The highest BCUT2D eigenvalue weighted by molar-refractivity contribution is 6.30. The molecular weight excluding hydrogens is 451 g/mol. The summed E-state index contributed by atoms with van der Waals surface area (Å²) in [6, 6.07) is 10.4. The number of anilines is 3. The maximum absolute atomic E-state index is 12.8. The van der Waals surface area contributed by atoms with Crippen molar-refractivity contribution in [1.29, 1.82) is 0 Å². The average Bonchev–Trinajstić information content (AvgIpc) is 2.81. The third-order valence-electron chi connectivity index (χ3n) is 5.16. The van der Waals surface area contributed by atoms with Gasteiger partial charge in [-0.15, -0.1) is 12.4 Å². The van der Waals surface area contributed by atoms with Crippen LogP contribution in [0, 0.1) is 5.92 Å². The number of hydrogen-bond acceptors (Lipinski definition) is 6. The second kappa shape index (κ2) is 10.9. The van der Waals surface area contributed by atoms with E-state index >= 15 is 0 Å². The van der Waals surface area contributed by atoms with Gasteiger partial charge < -0.3 is 15.5 Å². The van der Waals surface area contributed by atoms with Crippen molar-refractivity contribution in [2.45, 2.75) is 12.8 Å². The van der Waals surface area contributed by atoms with E-state index in [4.69, 9.17) is 11.6 Å². The molecule has 0 saturated carbocycles. The van der Waals surface area contributed by atoms with Gasteiger partial charge >= 0.3 is 0 Å². The number of hydrogen-bond donors (Lipinski definition) is 2. The second-order valence-electron chi connectivity index (χ2n) is 7.17. The van der Waals surface area contributed by atoms with Crippen molar-refractivity contribution < 1.29 is 9.59 Å². The molecule has 1 fully saturated rings. The number of piperidine rings is 1. The van der Waals surface area contributed by atoms with E-state index in [2.05, 4.69) is 30.5 Å². The van der Waals surface area contributed by atoms with Crippen LogP contribution in [0.5, 0.6) is 0 Å². The van der Waals surface area contributed by atoms with Gasteiger partial charge in [-0.2, -0.15) is 0 Å². The van der Waals surface area contributed by atoms with Crippen LogP contribution in [0.15, 0.2) is 61.2 Å². The first-order valence-corrected chi connectivity index (χ1v) is 10.3. The van der Waals surface area contributed by atoms with Gasteiger partial charge in [0.1, 0.15) is 11.6 Å². The third-order valence-corrected chi connectivity index (χ3v) is 5.38. The van der Waals surface area contributed by atoms with Gasteiger partial charge in [0.05, 0.1) is 10.6 Å². The number of rotatable bonds is 5. The Balaban J connectivity index is 0.00000289. The zero-order valence-electron chi connectivity index (χ0n) is 17.1. The molecule has 0 spiro atoms. The molecule has 8 nitrogen and oxygen atoms in total. The molecule has 166 valence electrons. The maximum Gasteiger partial charge on any atom is 0.260 e. The minimum absolute atomic E-state index is 0. The van der Waals surface area contributed by atoms with E-state index in [1.807, 2.05) is 12.1 Å². The summed E-state index contributed by atoms with van der Waals surface area (Å²) in [5.74, 6) is -0.0963. The van der Waals surface area contributed by atoms with Crippen LogP contribution in [-0.2, 0) is 4.79 Å². The Bertz CT molecular complexity index is 1060. The molecule has 2 amide bonds. The Morgan fingerprint density at radius 1 is 0.969 bits per heavy atom. The summed E-state index contributed by atoms with van der Waals surface area (Å²) < 4.78 is 0. The van der Waals surface area contributed by atoms with Gasteiger partial charge in [0.15, 0.2) is 0 Å². The standard InChI is InChI=1S/C22H21ClN6O2.ClH/c23-16-3-4-19(26-14-16)27-22(31)18-2-1-9-25-20(18)28-21(30)15-7-12-29(13-8-15)17-5-10-24-11-6-17;/h1-6,9-11,14-15H,7-8,12-13H2,(H,25,28,30)(H,26,27,31);1H. The van der Waals surface area contributed by atoms with Crippen LogP contribution in [0.25, 0.3) is 0 Å². The van der Waals surface area contributed by atoms with E-state index in [1.54, 1.807) is 42.9 Å². The zero-order valence-corrected chi connectivity index (χ0v) is 18.6. The number of halogens is 2. The lowest BCUT2D eigenvalue weighted by Crippen LogP contribution is -2.38. The van der Waals surface area contributed by atoms with E-state index in [-0.39, 0.29) is 35.6 Å². The largest absolute Gasteiger partial charge is 0.371 e. The van der Waals surface area contributed by atoms with Gasteiger partial charge in [0.2, 0.25) is 5.91 Å². The van der Waals surface area contributed by atoms with Gasteiger partial charge in [-0.1, -0.05) is 11.6 Å². The summed E-state index contributed by atoms with van der Waals surface area (Å²) >= 11 is 5.83. The summed E-state index contributed by atoms with van der Waals surface area (Å²) in [7, 11) is 0. The lowest BCUT2D eigenvalue weighted by Gasteiger charge is -2.32. The van der Waals surface area contributed by atoms with E-state index in [9.17, 15) is 9.59 Å². The van der Waals surface area contributed by atoms with Crippen molar-refractivity contribution >= 4 is 53.1 Å². The summed E-state index contributed by atoms with van der Waals surface area (Å²) in [5.41, 5.74) is 1.37.